The first kappa shape index (κ1) is 20.8. The van der Waals surface area contributed by atoms with Crippen molar-refractivity contribution in [2.45, 2.75) is 31.8 Å². The minimum Gasteiger partial charge on any atom is -0.420 e. The molecular weight excluding hydrogens is 423 g/mol. The van der Waals surface area contributed by atoms with Crippen molar-refractivity contribution < 1.29 is 9.21 Å². The standard InChI is InChI=1S/C22H22Cl2N4O2/c23-18-7-6-15(12-19(18)24)14-28-10-8-17(9-11-28)25-20(29)13-21-26-27-22(30-21)16-4-2-1-3-5-16/h1-7,12,17H,8-11,13-14H2,(H,25,29). The summed E-state index contributed by atoms with van der Waals surface area (Å²) in [6, 6.07) is 15.4. The van der Waals surface area contributed by atoms with Crippen LogP contribution in [0.25, 0.3) is 11.5 Å². The minimum atomic E-state index is -0.0961. The Hall–Kier alpha value is -2.41. The predicted octanol–water partition coefficient (Wildman–Crippen LogP) is 4.37. The molecule has 8 heteroatoms. The first-order chi connectivity index (χ1) is 14.6. The number of nitrogens with zero attached hydrogens (tertiary/aromatic N) is 3. The third-order valence-electron chi connectivity index (χ3n) is 5.14. The molecule has 1 saturated heterocycles. The number of piperidine rings is 1. The summed E-state index contributed by atoms with van der Waals surface area (Å²) in [6.45, 7) is 2.63. The highest BCUT2D eigenvalue weighted by Crippen LogP contribution is 2.24. The highest BCUT2D eigenvalue weighted by atomic mass is 35.5. The zero-order valence-electron chi connectivity index (χ0n) is 16.4. The van der Waals surface area contributed by atoms with Gasteiger partial charge >= 0.3 is 0 Å². The van der Waals surface area contributed by atoms with Crippen molar-refractivity contribution in [2.75, 3.05) is 13.1 Å². The van der Waals surface area contributed by atoms with E-state index in [1.807, 2.05) is 48.5 Å². The number of carbonyl (C=O) groups excluding carboxylic acids is 1. The number of benzene rings is 2. The molecule has 2 aromatic carbocycles. The van der Waals surface area contributed by atoms with Crippen molar-refractivity contribution in [3.8, 4) is 11.5 Å². The number of aromatic nitrogens is 2. The van der Waals surface area contributed by atoms with Gasteiger partial charge in [0, 0.05) is 31.2 Å². The Morgan fingerprint density at radius 3 is 2.57 bits per heavy atom. The van der Waals surface area contributed by atoms with Crippen molar-refractivity contribution in [3.05, 3.63) is 70.0 Å². The summed E-state index contributed by atoms with van der Waals surface area (Å²) >= 11 is 12.1. The van der Waals surface area contributed by atoms with E-state index in [1.54, 1.807) is 0 Å². The summed E-state index contributed by atoms with van der Waals surface area (Å²) in [6.07, 6.45) is 1.88. The third-order valence-corrected chi connectivity index (χ3v) is 5.88. The van der Waals surface area contributed by atoms with Crippen molar-refractivity contribution in [3.63, 3.8) is 0 Å². The van der Waals surface area contributed by atoms with Crippen molar-refractivity contribution in [1.82, 2.24) is 20.4 Å². The van der Waals surface area contributed by atoms with Crippen LogP contribution >= 0.6 is 23.2 Å². The van der Waals surface area contributed by atoms with Gasteiger partial charge in [0.2, 0.25) is 17.7 Å². The number of nitrogens with one attached hydrogen (secondary N) is 1. The van der Waals surface area contributed by atoms with Gasteiger partial charge in [-0.2, -0.15) is 0 Å². The molecule has 0 bridgehead atoms. The number of carbonyl (C=O) groups is 1. The Labute approximate surface area is 185 Å². The maximum atomic E-state index is 12.4. The molecule has 6 nitrogen and oxygen atoms in total. The van der Waals surface area contributed by atoms with E-state index in [0.717, 1.165) is 43.6 Å². The molecule has 1 aliphatic heterocycles. The van der Waals surface area contributed by atoms with Crippen molar-refractivity contribution >= 4 is 29.1 Å². The van der Waals surface area contributed by atoms with E-state index < -0.39 is 0 Å². The Balaban J connectivity index is 1.23. The van der Waals surface area contributed by atoms with Crippen LogP contribution in [0.1, 0.15) is 24.3 Å². The largest absolute Gasteiger partial charge is 0.420 e. The van der Waals surface area contributed by atoms with Gasteiger partial charge in [0.1, 0.15) is 6.42 Å². The highest BCUT2D eigenvalue weighted by molar-refractivity contribution is 6.42. The summed E-state index contributed by atoms with van der Waals surface area (Å²) in [5.41, 5.74) is 1.98. The number of rotatable bonds is 6. The van der Waals surface area contributed by atoms with E-state index in [2.05, 4.69) is 20.4 Å². The van der Waals surface area contributed by atoms with E-state index in [0.29, 0.717) is 21.8 Å². The molecule has 1 N–H and O–H groups in total. The average Bonchev–Trinajstić information content (AvgIpc) is 3.21. The molecule has 3 aromatic rings. The van der Waals surface area contributed by atoms with Crippen LogP contribution in [0.5, 0.6) is 0 Å². The minimum absolute atomic E-state index is 0.0866. The van der Waals surface area contributed by atoms with E-state index in [1.165, 1.54) is 0 Å². The molecule has 0 aliphatic carbocycles. The molecular formula is C22H22Cl2N4O2. The second-order valence-electron chi connectivity index (χ2n) is 7.41. The Bertz CT molecular complexity index is 1000. The van der Waals surface area contributed by atoms with Gasteiger partial charge in [-0.1, -0.05) is 47.5 Å². The first-order valence-electron chi connectivity index (χ1n) is 9.90. The molecule has 0 saturated carbocycles. The lowest BCUT2D eigenvalue weighted by molar-refractivity contribution is -0.121. The normalized spacial score (nSPS) is 15.3. The molecule has 4 rings (SSSR count). The van der Waals surface area contributed by atoms with E-state index in [9.17, 15) is 4.79 Å². The number of hydrogen-bond acceptors (Lipinski definition) is 5. The average molecular weight is 445 g/mol. The van der Waals surface area contributed by atoms with Crippen LogP contribution in [0.3, 0.4) is 0 Å². The number of amides is 1. The van der Waals surface area contributed by atoms with Crippen LogP contribution < -0.4 is 5.32 Å². The SMILES string of the molecule is O=C(Cc1nnc(-c2ccccc2)o1)NC1CCN(Cc2ccc(Cl)c(Cl)c2)CC1. The highest BCUT2D eigenvalue weighted by Gasteiger charge is 2.22. The summed E-state index contributed by atoms with van der Waals surface area (Å²) in [7, 11) is 0. The van der Waals surface area contributed by atoms with Gasteiger partial charge in [-0.05, 0) is 42.7 Å². The van der Waals surface area contributed by atoms with Gasteiger partial charge < -0.3 is 9.73 Å². The maximum absolute atomic E-state index is 12.4. The molecule has 30 heavy (non-hydrogen) atoms. The summed E-state index contributed by atoms with van der Waals surface area (Å²) in [4.78, 5) is 14.7. The second kappa shape index (κ2) is 9.60. The lowest BCUT2D eigenvalue weighted by Crippen LogP contribution is -2.44. The molecule has 0 atom stereocenters. The van der Waals surface area contributed by atoms with Crippen LogP contribution in [0.15, 0.2) is 52.9 Å². The molecule has 1 fully saturated rings. The molecule has 0 unspecified atom stereocenters. The van der Waals surface area contributed by atoms with Gasteiger partial charge in [0.15, 0.2) is 0 Å². The monoisotopic (exact) mass is 444 g/mol. The van der Waals surface area contributed by atoms with Gasteiger partial charge in [-0.25, -0.2) is 0 Å². The van der Waals surface area contributed by atoms with Crippen molar-refractivity contribution in [1.29, 1.82) is 0 Å². The smallest absolute Gasteiger partial charge is 0.247 e. The van der Waals surface area contributed by atoms with Crippen LogP contribution in [0.4, 0.5) is 0 Å². The number of hydrogen-bond donors (Lipinski definition) is 1. The molecule has 1 aromatic heterocycles. The van der Waals surface area contributed by atoms with Crippen molar-refractivity contribution in [2.24, 2.45) is 0 Å². The Morgan fingerprint density at radius 2 is 1.83 bits per heavy atom. The number of halogens is 2. The van der Waals surface area contributed by atoms with E-state index in [-0.39, 0.29) is 18.4 Å². The van der Waals surface area contributed by atoms with Crippen LogP contribution in [0, 0.1) is 0 Å². The topological polar surface area (TPSA) is 71.3 Å². The van der Waals surface area contributed by atoms with Gasteiger partial charge in [-0.3, -0.25) is 9.69 Å². The summed E-state index contributed by atoms with van der Waals surface area (Å²) < 4.78 is 5.62. The Morgan fingerprint density at radius 1 is 1.07 bits per heavy atom. The zero-order valence-corrected chi connectivity index (χ0v) is 17.9. The van der Waals surface area contributed by atoms with E-state index >= 15 is 0 Å². The molecule has 2 heterocycles. The van der Waals surface area contributed by atoms with Crippen LogP contribution in [-0.4, -0.2) is 40.1 Å². The van der Waals surface area contributed by atoms with Gasteiger partial charge in [0.05, 0.1) is 10.0 Å². The fourth-order valence-electron chi connectivity index (χ4n) is 3.57. The molecule has 156 valence electrons. The van der Waals surface area contributed by atoms with Gasteiger partial charge in [0.25, 0.3) is 0 Å². The summed E-state index contributed by atoms with van der Waals surface area (Å²) in [5, 5.41) is 12.2. The Kier molecular flexibility index (Phi) is 6.67. The fourth-order valence-corrected chi connectivity index (χ4v) is 3.89. The first-order valence-corrected chi connectivity index (χ1v) is 10.7. The van der Waals surface area contributed by atoms with Crippen LogP contribution in [0.2, 0.25) is 10.0 Å². The zero-order chi connectivity index (χ0) is 20.9. The van der Waals surface area contributed by atoms with Gasteiger partial charge in [-0.15, -0.1) is 10.2 Å². The number of likely N-dealkylation sites (tertiary alicyclic amines) is 1. The summed E-state index contributed by atoms with van der Waals surface area (Å²) in [5.74, 6) is 0.651. The maximum Gasteiger partial charge on any atom is 0.247 e. The molecule has 1 aliphatic rings. The quantitative estimate of drug-likeness (QED) is 0.610. The van der Waals surface area contributed by atoms with Crippen LogP contribution in [-0.2, 0) is 17.8 Å². The lowest BCUT2D eigenvalue weighted by atomic mass is 10.0. The third kappa shape index (κ3) is 5.39. The fraction of sp³-hybridized carbons (Fsp3) is 0.318. The molecule has 0 spiro atoms. The lowest BCUT2D eigenvalue weighted by Gasteiger charge is -2.32. The molecule has 1 amide bonds. The van der Waals surface area contributed by atoms with E-state index in [4.69, 9.17) is 27.6 Å². The second-order valence-corrected chi connectivity index (χ2v) is 8.22. The predicted molar refractivity (Wildman–Crippen MR) is 116 cm³/mol. The molecule has 0 radical (unpaired) electrons.